The minimum atomic E-state index is 0.0748. The van der Waals surface area contributed by atoms with Crippen LogP contribution in [0.4, 0.5) is 0 Å². The van der Waals surface area contributed by atoms with Gasteiger partial charge in [-0.2, -0.15) is 0 Å². The number of nitrogens with zero attached hydrogens (tertiary/aromatic N) is 2. The monoisotopic (exact) mass is 441 g/mol. The maximum absolute atomic E-state index is 8.02. The van der Waals surface area contributed by atoms with Crippen molar-refractivity contribution in [1.82, 2.24) is 14.9 Å². The molecule has 6 heteroatoms. The normalized spacial score (nSPS) is 14.9. The van der Waals surface area contributed by atoms with Gasteiger partial charge < -0.3 is 15.8 Å². The fourth-order valence-corrected chi connectivity index (χ4v) is 4.86. The second-order valence-corrected chi connectivity index (χ2v) is 9.23. The summed E-state index contributed by atoms with van der Waals surface area (Å²) < 4.78 is 8.68. The number of aryl methyl sites for hydroxylation is 1. The lowest BCUT2D eigenvalue weighted by Crippen LogP contribution is -2.34. The molecular formula is C27H31N5O. The van der Waals surface area contributed by atoms with E-state index in [1.807, 2.05) is 24.3 Å². The van der Waals surface area contributed by atoms with Crippen molar-refractivity contribution in [2.24, 2.45) is 5.73 Å². The first-order valence-electron chi connectivity index (χ1n) is 11.7. The van der Waals surface area contributed by atoms with Crippen molar-refractivity contribution < 1.29 is 4.74 Å². The van der Waals surface area contributed by atoms with Crippen LogP contribution < -0.4 is 15.8 Å². The fourth-order valence-electron chi connectivity index (χ4n) is 4.86. The minimum absolute atomic E-state index is 0.0748. The van der Waals surface area contributed by atoms with Crippen molar-refractivity contribution >= 4 is 27.6 Å². The molecule has 1 aromatic heterocycles. The number of hydrogen-bond donors (Lipinski definition) is 3. The molecule has 3 aromatic carbocycles. The number of ether oxygens (including phenoxy) is 1. The van der Waals surface area contributed by atoms with E-state index in [4.69, 9.17) is 20.9 Å². The number of piperidine rings is 1. The van der Waals surface area contributed by atoms with Gasteiger partial charge in [-0.3, -0.25) is 9.98 Å². The molecule has 4 aromatic rings. The molecule has 1 aliphatic heterocycles. The van der Waals surface area contributed by atoms with E-state index in [-0.39, 0.29) is 17.9 Å². The highest BCUT2D eigenvalue weighted by Crippen LogP contribution is 2.35. The van der Waals surface area contributed by atoms with Gasteiger partial charge in [0.2, 0.25) is 0 Å². The molecule has 0 spiro atoms. The first-order chi connectivity index (χ1) is 15.9. The van der Waals surface area contributed by atoms with Gasteiger partial charge in [0.1, 0.15) is 23.5 Å². The Hall–Kier alpha value is -3.38. The molecule has 1 aliphatic rings. The number of nitrogens with two attached hydrogens (primary N) is 1. The quantitative estimate of drug-likeness (QED) is 0.299. The smallest absolute Gasteiger partial charge is 0.123 e. The number of nitrogens with one attached hydrogen (secondary N) is 2. The summed E-state index contributed by atoms with van der Waals surface area (Å²) in [5, 5.41) is 13.4. The number of amidine groups is 1. The summed E-state index contributed by atoms with van der Waals surface area (Å²) in [5.41, 5.74) is 10.8. The van der Waals surface area contributed by atoms with Crippen LogP contribution in [0.15, 0.2) is 48.5 Å². The Morgan fingerprint density at radius 1 is 1.12 bits per heavy atom. The van der Waals surface area contributed by atoms with Gasteiger partial charge in [-0.05, 0) is 62.0 Å². The van der Waals surface area contributed by atoms with Crippen molar-refractivity contribution in [1.29, 1.82) is 5.41 Å². The number of aromatic nitrogens is 2. The van der Waals surface area contributed by atoms with Gasteiger partial charge in [0.15, 0.2) is 0 Å². The third kappa shape index (κ3) is 3.85. The highest BCUT2D eigenvalue weighted by atomic mass is 16.5. The number of rotatable bonds is 5. The molecule has 2 heterocycles. The predicted molar refractivity (Wildman–Crippen MR) is 135 cm³/mol. The van der Waals surface area contributed by atoms with E-state index in [1.165, 1.54) is 0 Å². The van der Waals surface area contributed by atoms with Crippen LogP contribution in [-0.4, -0.2) is 34.6 Å². The van der Waals surface area contributed by atoms with Crippen molar-refractivity contribution in [2.75, 3.05) is 13.1 Å². The molecule has 0 radical (unpaired) electrons. The van der Waals surface area contributed by atoms with Gasteiger partial charge in [-0.15, -0.1) is 0 Å². The van der Waals surface area contributed by atoms with Gasteiger partial charge in [0.05, 0.1) is 16.7 Å². The SMILES string of the molecule is Cc1cc(OC2CCNCC2)cc2c1nc(C(C)C)n2-c1ccc(C(=N)N)c2ccccc12. The summed E-state index contributed by atoms with van der Waals surface area (Å²) in [6.45, 7) is 8.44. The van der Waals surface area contributed by atoms with Crippen LogP contribution in [0.5, 0.6) is 5.75 Å². The zero-order valence-corrected chi connectivity index (χ0v) is 19.5. The van der Waals surface area contributed by atoms with Crippen LogP contribution in [0.1, 0.15) is 49.6 Å². The average molecular weight is 442 g/mol. The molecule has 6 nitrogen and oxygen atoms in total. The third-order valence-corrected chi connectivity index (χ3v) is 6.49. The standard InChI is InChI=1S/C27H31N5O/c1-16(2)27-31-25-17(3)14-19(33-18-10-12-30-13-11-18)15-24(25)32(27)23-9-8-22(26(28)29)20-6-4-5-7-21(20)23/h4-9,14-16,18,30H,10-13H2,1-3H3,(H3,28,29). The van der Waals surface area contributed by atoms with E-state index in [0.29, 0.717) is 0 Å². The number of imidazole rings is 1. The second-order valence-electron chi connectivity index (χ2n) is 9.23. The van der Waals surface area contributed by atoms with E-state index in [0.717, 1.165) is 76.1 Å². The van der Waals surface area contributed by atoms with Crippen LogP contribution in [0.3, 0.4) is 0 Å². The molecule has 0 bridgehead atoms. The van der Waals surface area contributed by atoms with Crippen molar-refractivity contribution in [3.05, 3.63) is 65.5 Å². The Balaban J connectivity index is 1.74. The molecule has 0 aliphatic carbocycles. The molecule has 33 heavy (non-hydrogen) atoms. The largest absolute Gasteiger partial charge is 0.490 e. The molecule has 0 atom stereocenters. The summed E-state index contributed by atoms with van der Waals surface area (Å²) in [7, 11) is 0. The number of benzene rings is 3. The van der Waals surface area contributed by atoms with E-state index >= 15 is 0 Å². The van der Waals surface area contributed by atoms with Crippen molar-refractivity contribution in [3.63, 3.8) is 0 Å². The summed E-state index contributed by atoms with van der Waals surface area (Å²) in [5.74, 6) is 2.21. The van der Waals surface area contributed by atoms with E-state index in [1.54, 1.807) is 0 Å². The maximum atomic E-state index is 8.02. The molecule has 4 N–H and O–H groups in total. The summed E-state index contributed by atoms with van der Waals surface area (Å²) in [6.07, 6.45) is 2.27. The van der Waals surface area contributed by atoms with Gasteiger partial charge >= 0.3 is 0 Å². The summed E-state index contributed by atoms with van der Waals surface area (Å²) in [4.78, 5) is 5.07. The summed E-state index contributed by atoms with van der Waals surface area (Å²) >= 11 is 0. The topological polar surface area (TPSA) is 89.0 Å². The second kappa shape index (κ2) is 8.52. The van der Waals surface area contributed by atoms with E-state index < -0.39 is 0 Å². The molecular weight excluding hydrogens is 410 g/mol. The van der Waals surface area contributed by atoms with Gasteiger partial charge in [-0.25, -0.2) is 4.98 Å². The van der Waals surface area contributed by atoms with Crippen LogP contribution in [-0.2, 0) is 0 Å². The van der Waals surface area contributed by atoms with Gasteiger partial charge in [-0.1, -0.05) is 38.1 Å². The van der Waals surface area contributed by atoms with Crippen LogP contribution in [0.2, 0.25) is 0 Å². The lowest BCUT2D eigenvalue weighted by Gasteiger charge is -2.24. The molecule has 170 valence electrons. The fraction of sp³-hybridized carbons (Fsp3) is 0.333. The van der Waals surface area contributed by atoms with Crippen LogP contribution in [0.25, 0.3) is 27.5 Å². The first-order valence-corrected chi connectivity index (χ1v) is 11.7. The van der Waals surface area contributed by atoms with E-state index in [9.17, 15) is 0 Å². The Bertz CT molecular complexity index is 1350. The molecule has 0 amide bonds. The predicted octanol–water partition coefficient (Wildman–Crippen LogP) is 5.03. The Morgan fingerprint density at radius 3 is 2.55 bits per heavy atom. The third-order valence-electron chi connectivity index (χ3n) is 6.49. The number of fused-ring (bicyclic) bond motifs is 2. The molecule has 1 saturated heterocycles. The van der Waals surface area contributed by atoms with Crippen LogP contribution >= 0.6 is 0 Å². The highest BCUT2D eigenvalue weighted by molar-refractivity contribution is 6.10. The number of hydrogen-bond acceptors (Lipinski definition) is 4. The van der Waals surface area contributed by atoms with Gasteiger partial charge in [0.25, 0.3) is 0 Å². The molecule has 0 saturated carbocycles. The molecule has 0 unspecified atom stereocenters. The summed E-state index contributed by atoms with van der Waals surface area (Å²) in [6, 6.07) is 16.4. The molecule has 5 rings (SSSR count). The Labute approximate surface area is 194 Å². The zero-order valence-electron chi connectivity index (χ0n) is 19.5. The van der Waals surface area contributed by atoms with Crippen LogP contribution in [0, 0.1) is 12.3 Å². The lowest BCUT2D eigenvalue weighted by atomic mass is 10.0. The zero-order chi connectivity index (χ0) is 23.1. The van der Waals surface area contributed by atoms with Gasteiger partial charge in [0, 0.05) is 22.9 Å². The van der Waals surface area contributed by atoms with Crippen molar-refractivity contribution in [2.45, 2.75) is 45.6 Å². The first kappa shape index (κ1) is 21.5. The Kier molecular flexibility index (Phi) is 5.54. The maximum Gasteiger partial charge on any atom is 0.123 e. The van der Waals surface area contributed by atoms with Crippen molar-refractivity contribution in [3.8, 4) is 11.4 Å². The Morgan fingerprint density at radius 2 is 1.85 bits per heavy atom. The molecule has 1 fully saturated rings. The van der Waals surface area contributed by atoms with E-state index in [2.05, 4.69) is 54.9 Å². The number of nitrogen functional groups attached to an aromatic ring is 1. The lowest BCUT2D eigenvalue weighted by molar-refractivity contribution is 0.162. The highest BCUT2D eigenvalue weighted by Gasteiger charge is 2.21. The average Bonchev–Trinajstić information content (AvgIpc) is 3.19. The minimum Gasteiger partial charge on any atom is -0.490 e.